The molecule has 0 unspecified atom stereocenters. The van der Waals surface area contributed by atoms with E-state index in [1.165, 1.54) is 17.3 Å². The highest BCUT2D eigenvalue weighted by Crippen LogP contribution is 2.38. The van der Waals surface area contributed by atoms with Crippen molar-refractivity contribution < 1.29 is 9.47 Å². The molecule has 3 N–H and O–H groups in total. The van der Waals surface area contributed by atoms with Crippen molar-refractivity contribution in [2.24, 2.45) is 0 Å². The molecule has 1 aromatic carbocycles. The average Bonchev–Trinajstić information content (AvgIpc) is 3.11. The number of piperidine rings is 1. The first-order chi connectivity index (χ1) is 12.7. The SMILES string of the molecule is COc1ccc2[nH]cc(C3CCN(c4ncnc(N)c4OC)CC3)c2c1. The van der Waals surface area contributed by atoms with Gasteiger partial charge in [-0.1, -0.05) is 0 Å². The Morgan fingerprint density at radius 3 is 2.69 bits per heavy atom. The molecule has 1 saturated heterocycles. The summed E-state index contributed by atoms with van der Waals surface area (Å²) in [6.07, 6.45) is 5.70. The summed E-state index contributed by atoms with van der Waals surface area (Å²) >= 11 is 0. The monoisotopic (exact) mass is 353 g/mol. The zero-order chi connectivity index (χ0) is 18.1. The molecule has 0 atom stereocenters. The largest absolute Gasteiger partial charge is 0.497 e. The maximum atomic E-state index is 5.91. The van der Waals surface area contributed by atoms with Gasteiger partial charge in [-0.15, -0.1) is 0 Å². The van der Waals surface area contributed by atoms with E-state index in [2.05, 4.69) is 38.2 Å². The molecule has 1 aliphatic heterocycles. The van der Waals surface area contributed by atoms with Gasteiger partial charge in [0.15, 0.2) is 11.6 Å². The maximum absolute atomic E-state index is 5.91. The fraction of sp³-hybridized carbons (Fsp3) is 0.368. The Morgan fingerprint density at radius 2 is 1.96 bits per heavy atom. The summed E-state index contributed by atoms with van der Waals surface area (Å²) in [4.78, 5) is 14.0. The third kappa shape index (κ3) is 2.79. The predicted octanol–water partition coefficient (Wildman–Crippen LogP) is 2.94. The van der Waals surface area contributed by atoms with E-state index in [0.29, 0.717) is 17.5 Å². The van der Waals surface area contributed by atoms with Gasteiger partial charge in [-0.05, 0) is 42.5 Å². The highest BCUT2D eigenvalue weighted by atomic mass is 16.5. The number of fused-ring (bicyclic) bond motifs is 1. The number of benzene rings is 1. The first-order valence-electron chi connectivity index (χ1n) is 8.75. The van der Waals surface area contributed by atoms with Crippen LogP contribution >= 0.6 is 0 Å². The smallest absolute Gasteiger partial charge is 0.204 e. The van der Waals surface area contributed by atoms with Crippen molar-refractivity contribution >= 4 is 22.5 Å². The van der Waals surface area contributed by atoms with Gasteiger partial charge in [-0.3, -0.25) is 0 Å². The number of hydrogen-bond donors (Lipinski definition) is 2. The predicted molar refractivity (Wildman–Crippen MR) is 102 cm³/mol. The molecule has 4 rings (SSSR count). The van der Waals surface area contributed by atoms with Gasteiger partial charge >= 0.3 is 0 Å². The molecule has 0 aliphatic carbocycles. The second-order valence-corrected chi connectivity index (χ2v) is 6.53. The molecule has 3 heterocycles. The van der Waals surface area contributed by atoms with Crippen LogP contribution in [-0.2, 0) is 0 Å². The van der Waals surface area contributed by atoms with E-state index in [-0.39, 0.29) is 0 Å². The van der Waals surface area contributed by atoms with Crippen molar-refractivity contribution in [3.8, 4) is 11.5 Å². The number of anilines is 2. The zero-order valence-corrected chi connectivity index (χ0v) is 15.0. The number of nitrogens with two attached hydrogens (primary N) is 1. The van der Waals surface area contributed by atoms with E-state index in [0.717, 1.165) is 43.0 Å². The standard InChI is InChI=1S/C19H23N5O2/c1-25-13-3-4-16-14(9-13)15(10-21-16)12-5-7-24(8-6-12)19-17(26-2)18(20)22-11-23-19/h3-4,9-12,21H,5-8H2,1-2H3,(H2,20,22,23). The molecule has 1 fully saturated rings. The number of H-pyrrole nitrogens is 1. The van der Waals surface area contributed by atoms with E-state index in [1.807, 2.05) is 6.07 Å². The minimum atomic E-state index is 0.378. The van der Waals surface area contributed by atoms with Crippen molar-refractivity contribution in [1.29, 1.82) is 0 Å². The lowest BCUT2D eigenvalue weighted by atomic mass is 9.89. The van der Waals surface area contributed by atoms with Crippen molar-refractivity contribution in [3.63, 3.8) is 0 Å². The van der Waals surface area contributed by atoms with E-state index in [4.69, 9.17) is 15.2 Å². The van der Waals surface area contributed by atoms with E-state index < -0.39 is 0 Å². The van der Waals surface area contributed by atoms with Crippen LogP contribution < -0.4 is 20.1 Å². The molecular formula is C19H23N5O2. The van der Waals surface area contributed by atoms with Gasteiger partial charge in [0.2, 0.25) is 5.75 Å². The van der Waals surface area contributed by atoms with Crippen LogP contribution in [-0.4, -0.2) is 42.3 Å². The van der Waals surface area contributed by atoms with Crippen LogP contribution in [0.3, 0.4) is 0 Å². The normalized spacial score (nSPS) is 15.4. The molecule has 0 spiro atoms. The number of methoxy groups -OCH3 is 2. The lowest BCUT2D eigenvalue weighted by molar-refractivity contribution is 0.409. The minimum absolute atomic E-state index is 0.378. The van der Waals surface area contributed by atoms with Gasteiger partial charge in [0.1, 0.15) is 12.1 Å². The Morgan fingerprint density at radius 1 is 1.15 bits per heavy atom. The average molecular weight is 353 g/mol. The Kier molecular flexibility index (Phi) is 4.28. The third-order valence-corrected chi connectivity index (χ3v) is 5.17. The van der Waals surface area contributed by atoms with E-state index >= 15 is 0 Å². The number of nitrogens with one attached hydrogen (secondary N) is 1. The second kappa shape index (κ2) is 6.74. The highest BCUT2D eigenvalue weighted by molar-refractivity contribution is 5.85. The Hall–Kier alpha value is -2.96. The summed E-state index contributed by atoms with van der Waals surface area (Å²) < 4.78 is 10.8. The summed E-state index contributed by atoms with van der Waals surface area (Å²) in [5, 5.41) is 1.24. The van der Waals surface area contributed by atoms with Crippen molar-refractivity contribution in [2.45, 2.75) is 18.8 Å². The lowest BCUT2D eigenvalue weighted by Crippen LogP contribution is -2.34. The number of hydrogen-bond acceptors (Lipinski definition) is 6. The number of rotatable bonds is 4. The van der Waals surface area contributed by atoms with Crippen LogP contribution in [0.15, 0.2) is 30.7 Å². The van der Waals surface area contributed by atoms with Gasteiger partial charge in [0.25, 0.3) is 0 Å². The molecule has 7 heteroatoms. The molecule has 2 aromatic heterocycles. The first-order valence-corrected chi connectivity index (χ1v) is 8.75. The third-order valence-electron chi connectivity index (χ3n) is 5.17. The number of aromatic amines is 1. The molecule has 0 saturated carbocycles. The molecule has 0 bridgehead atoms. The second-order valence-electron chi connectivity index (χ2n) is 6.53. The highest BCUT2D eigenvalue weighted by Gasteiger charge is 2.26. The molecule has 7 nitrogen and oxygen atoms in total. The molecule has 1 aliphatic rings. The molecule has 0 radical (unpaired) electrons. The Bertz CT molecular complexity index is 915. The van der Waals surface area contributed by atoms with Crippen LogP contribution in [0.2, 0.25) is 0 Å². The first kappa shape index (κ1) is 16.5. The van der Waals surface area contributed by atoms with Gasteiger partial charge in [0.05, 0.1) is 14.2 Å². The number of nitrogens with zero attached hydrogens (tertiary/aromatic N) is 3. The summed E-state index contributed by atoms with van der Waals surface area (Å²) in [5.41, 5.74) is 8.41. The molecule has 26 heavy (non-hydrogen) atoms. The molecular weight excluding hydrogens is 330 g/mol. The topological polar surface area (TPSA) is 89.3 Å². The van der Waals surface area contributed by atoms with Crippen LogP contribution in [0.25, 0.3) is 10.9 Å². The fourth-order valence-electron chi connectivity index (χ4n) is 3.79. The molecule has 3 aromatic rings. The van der Waals surface area contributed by atoms with Gasteiger partial charge in [-0.2, -0.15) is 0 Å². The maximum Gasteiger partial charge on any atom is 0.204 e. The van der Waals surface area contributed by atoms with Crippen molar-refractivity contribution in [1.82, 2.24) is 15.0 Å². The van der Waals surface area contributed by atoms with Crippen LogP contribution in [0.5, 0.6) is 11.5 Å². The quantitative estimate of drug-likeness (QED) is 0.750. The van der Waals surface area contributed by atoms with E-state index in [9.17, 15) is 0 Å². The summed E-state index contributed by atoms with van der Waals surface area (Å²) in [7, 11) is 3.30. The van der Waals surface area contributed by atoms with Crippen LogP contribution in [0, 0.1) is 0 Å². The summed E-state index contributed by atoms with van der Waals surface area (Å²) in [6, 6.07) is 6.17. The lowest BCUT2D eigenvalue weighted by Gasteiger charge is -2.33. The summed E-state index contributed by atoms with van der Waals surface area (Å²) in [6.45, 7) is 1.79. The Balaban J connectivity index is 1.55. The van der Waals surface area contributed by atoms with Gasteiger partial charge in [0, 0.05) is 30.2 Å². The number of aromatic nitrogens is 3. The van der Waals surface area contributed by atoms with Gasteiger partial charge in [-0.25, -0.2) is 9.97 Å². The number of ether oxygens (including phenoxy) is 2. The summed E-state index contributed by atoms with van der Waals surface area (Å²) in [5.74, 6) is 3.10. The van der Waals surface area contributed by atoms with Crippen LogP contribution in [0.4, 0.5) is 11.6 Å². The minimum Gasteiger partial charge on any atom is -0.497 e. The fourth-order valence-corrected chi connectivity index (χ4v) is 3.79. The Labute approximate surface area is 152 Å². The molecule has 0 amide bonds. The molecule has 136 valence electrons. The number of nitrogen functional groups attached to an aromatic ring is 1. The van der Waals surface area contributed by atoms with Crippen molar-refractivity contribution in [2.75, 3.05) is 37.9 Å². The zero-order valence-electron chi connectivity index (χ0n) is 15.0. The van der Waals surface area contributed by atoms with Crippen molar-refractivity contribution in [3.05, 3.63) is 36.3 Å². The van der Waals surface area contributed by atoms with Crippen LogP contribution in [0.1, 0.15) is 24.3 Å². The van der Waals surface area contributed by atoms with E-state index in [1.54, 1.807) is 14.2 Å². The van der Waals surface area contributed by atoms with Gasteiger partial charge < -0.3 is 25.1 Å².